The number of hydrogen-bond donors (Lipinski definition) is 2. The summed E-state index contributed by atoms with van der Waals surface area (Å²) < 4.78 is 98.6. The van der Waals surface area contributed by atoms with Gasteiger partial charge in [-0.2, -0.15) is 21.6 Å². The Balaban J connectivity index is 1.87. The summed E-state index contributed by atoms with van der Waals surface area (Å²) in [6, 6.07) is 4.97. The summed E-state index contributed by atoms with van der Waals surface area (Å²) in [6.45, 7) is 0. The highest BCUT2D eigenvalue weighted by Gasteiger charge is 2.46. The highest BCUT2D eigenvalue weighted by molar-refractivity contribution is 7.93. The first-order valence-corrected chi connectivity index (χ1v) is 12.6. The van der Waals surface area contributed by atoms with Gasteiger partial charge in [0.2, 0.25) is 6.01 Å². The van der Waals surface area contributed by atoms with Crippen LogP contribution in [0, 0.1) is 0 Å². The van der Waals surface area contributed by atoms with Crippen LogP contribution in [0.5, 0.6) is 0 Å². The molecule has 0 saturated carbocycles. The second kappa shape index (κ2) is 8.80. The molecule has 0 fully saturated rings. The molecule has 0 radical (unpaired) electrons. The molecule has 3 aromatic rings. The number of aromatic nitrogens is 2. The summed E-state index contributed by atoms with van der Waals surface area (Å²) in [5.74, 6) is -0.542. The van der Waals surface area contributed by atoms with Crippen molar-refractivity contribution in [1.82, 2.24) is 9.97 Å². The molecular formula is C16H11ClF4N4O4S3. The van der Waals surface area contributed by atoms with Crippen molar-refractivity contribution < 1.29 is 34.4 Å². The average molecular weight is 531 g/mol. The lowest BCUT2D eigenvalue weighted by molar-refractivity contribution is -0.0429. The monoisotopic (exact) mass is 530 g/mol. The highest BCUT2D eigenvalue weighted by Crippen LogP contribution is 2.35. The Bertz CT molecular complexity index is 1360. The normalized spacial score (nSPS) is 12.5. The summed E-state index contributed by atoms with van der Waals surface area (Å²) in [5.41, 5.74) is -4.39. The minimum Gasteiger partial charge on any atom is -0.281 e. The minimum absolute atomic E-state index is 0.0441. The number of rotatable bonds is 7. The molecule has 0 spiro atoms. The third kappa shape index (κ3) is 5.46. The average Bonchev–Trinajstić information content (AvgIpc) is 3.17. The van der Waals surface area contributed by atoms with Gasteiger partial charge < -0.3 is 0 Å². The molecule has 0 aliphatic heterocycles. The van der Waals surface area contributed by atoms with Crippen molar-refractivity contribution in [3.05, 3.63) is 46.9 Å². The van der Waals surface area contributed by atoms with Crippen LogP contribution in [0.1, 0.15) is 0 Å². The number of thiazole rings is 1. The number of pyridine rings is 1. The lowest BCUT2D eigenvalue weighted by atomic mass is 10.1. The Hall–Kier alpha value is -2.49. The first-order valence-electron chi connectivity index (χ1n) is 8.19. The van der Waals surface area contributed by atoms with E-state index in [1.807, 2.05) is 4.72 Å². The Morgan fingerprint density at radius 3 is 2.41 bits per heavy atom. The first-order chi connectivity index (χ1) is 14.8. The maximum absolute atomic E-state index is 12.6. The zero-order valence-electron chi connectivity index (χ0n) is 15.4. The number of anilines is 2. The van der Waals surface area contributed by atoms with Gasteiger partial charge in [-0.3, -0.25) is 9.44 Å². The van der Waals surface area contributed by atoms with E-state index < -0.39 is 37.4 Å². The minimum atomic E-state index is -5.63. The number of alkyl halides is 4. The molecule has 1 aromatic carbocycles. The van der Waals surface area contributed by atoms with Gasteiger partial charge in [0.05, 0.1) is 16.4 Å². The van der Waals surface area contributed by atoms with Gasteiger partial charge >= 0.3 is 15.5 Å². The lowest BCUT2D eigenvalue weighted by Gasteiger charge is -2.10. The van der Waals surface area contributed by atoms with E-state index in [1.54, 1.807) is 5.38 Å². The Kier molecular flexibility index (Phi) is 6.65. The number of nitrogens with one attached hydrogen (secondary N) is 2. The van der Waals surface area contributed by atoms with Crippen LogP contribution < -0.4 is 9.44 Å². The van der Waals surface area contributed by atoms with Gasteiger partial charge in [0.15, 0.2) is 0 Å². The molecule has 0 saturated heterocycles. The second-order valence-electron chi connectivity index (χ2n) is 6.04. The quantitative estimate of drug-likeness (QED) is 0.436. The van der Waals surface area contributed by atoms with Gasteiger partial charge in [-0.05, 0) is 30.3 Å². The van der Waals surface area contributed by atoms with Crippen molar-refractivity contribution in [3.8, 4) is 21.8 Å². The van der Waals surface area contributed by atoms with Crippen LogP contribution >= 0.6 is 22.9 Å². The van der Waals surface area contributed by atoms with Crippen LogP contribution in [0.25, 0.3) is 21.8 Å². The maximum Gasteiger partial charge on any atom is 0.516 e. The smallest absolute Gasteiger partial charge is 0.281 e. The first kappa shape index (κ1) is 24.2. The number of nitrogens with zero attached hydrogens (tertiary/aromatic N) is 2. The summed E-state index contributed by atoms with van der Waals surface area (Å²) in [6.07, 6.45) is 1.11. The molecule has 8 nitrogen and oxygen atoms in total. The molecule has 0 aliphatic rings. The van der Waals surface area contributed by atoms with Crippen molar-refractivity contribution in [2.75, 3.05) is 15.5 Å². The third-order valence-electron chi connectivity index (χ3n) is 3.72. The molecule has 0 bridgehead atoms. The molecular weight excluding hydrogens is 520 g/mol. The summed E-state index contributed by atoms with van der Waals surface area (Å²) in [4.78, 5) is 7.90. The zero-order chi connectivity index (χ0) is 23.7. The van der Waals surface area contributed by atoms with Crippen molar-refractivity contribution >= 4 is 54.5 Å². The Labute approximate surface area is 188 Å². The molecule has 0 aliphatic carbocycles. The maximum atomic E-state index is 12.6. The molecule has 16 heteroatoms. The third-order valence-corrected chi connectivity index (χ3v) is 6.84. The largest absolute Gasteiger partial charge is 0.516 e. The van der Waals surface area contributed by atoms with E-state index in [0.717, 1.165) is 23.6 Å². The van der Waals surface area contributed by atoms with Crippen LogP contribution in [0.2, 0.25) is 5.02 Å². The van der Waals surface area contributed by atoms with Gasteiger partial charge in [0.25, 0.3) is 10.0 Å². The predicted octanol–water partition coefficient (Wildman–Crippen LogP) is 4.46. The van der Waals surface area contributed by atoms with Gasteiger partial charge in [-0.15, -0.1) is 11.3 Å². The highest BCUT2D eigenvalue weighted by atomic mass is 35.5. The Morgan fingerprint density at radius 2 is 1.78 bits per heavy atom. The molecule has 2 heterocycles. The molecule has 0 unspecified atom stereocenters. The van der Waals surface area contributed by atoms with Crippen LogP contribution in [-0.2, 0) is 20.0 Å². The van der Waals surface area contributed by atoms with Gasteiger partial charge in [0, 0.05) is 22.7 Å². The van der Waals surface area contributed by atoms with Gasteiger partial charge in [-0.25, -0.2) is 22.8 Å². The molecule has 2 N–H and O–H groups in total. The molecule has 0 amide bonds. The summed E-state index contributed by atoms with van der Waals surface area (Å²) in [7, 11) is -9.77. The van der Waals surface area contributed by atoms with E-state index in [1.165, 1.54) is 29.0 Å². The van der Waals surface area contributed by atoms with Crippen LogP contribution in [0.15, 0.2) is 41.9 Å². The zero-order valence-corrected chi connectivity index (χ0v) is 18.6. The molecule has 32 heavy (non-hydrogen) atoms. The molecule has 172 valence electrons. The van der Waals surface area contributed by atoms with E-state index in [9.17, 15) is 34.4 Å². The predicted molar refractivity (Wildman–Crippen MR) is 113 cm³/mol. The van der Waals surface area contributed by atoms with E-state index in [4.69, 9.17) is 11.6 Å². The van der Waals surface area contributed by atoms with E-state index in [0.29, 0.717) is 21.8 Å². The van der Waals surface area contributed by atoms with Gasteiger partial charge in [-0.1, -0.05) is 11.6 Å². The number of sulfonamides is 2. The molecule has 2 aromatic heterocycles. The lowest BCUT2D eigenvalue weighted by Crippen LogP contribution is -2.30. The van der Waals surface area contributed by atoms with Crippen molar-refractivity contribution in [2.45, 2.75) is 5.51 Å². The van der Waals surface area contributed by atoms with Crippen molar-refractivity contribution in [2.24, 2.45) is 0 Å². The van der Waals surface area contributed by atoms with Gasteiger partial charge in [0.1, 0.15) is 10.8 Å². The number of benzene rings is 1. The van der Waals surface area contributed by atoms with Crippen LogP contribution in [0.3, 0.4) is 0 Å². The van der Waals surface area contributed by atoms with E-state index in [2.05, 4.69) is 9.97 Å². The standard InChI is InChI=1S/C16H11ClF4N4O4S3/c17-12-6-10(24-31(26,27)8-18)1-2-11(12)13-7-30-15(23-13)9-3-4-22-14(5-9)25-32(28,29)16(19,20)21/h1-7,24H,8H2,(H,22,25). The fourth-order valence-corrected chi connectivity index (χ4v) is 4.48. The van der Waals surface area contributed by atoms with E-state index >= 15 is 0 Å². The molecule has 0 atom stereocenters. The van der Waals surface area contributed by atoms with Crippen LogP contribution in [-0.4, -0.2) is 38.3 Å². The SMILES string of the molecule is O=S(=O)(CF)Nc1ccc(-c2csc(-c3ccnc(NS(=O)(=O)C(F)(F)F)c3)n2)c(Cl)c1. The van der Waals surface area contributed by atoms with E-state index in [-0.39, 0.29) is 10.7 Å². The topological polar surface area (TPSA) is 118 Å². The fourth-order valence-electron chi connectivity index (χ4n) is 2.34. The van der Waals surface area contributed by atoms with Crippen molar-refractivity contribution in [3.63, 3.8) is 0 Å². The van der Waals surface area contributed by atoms with Crippen LogP contribution in [0.4, 0.5) is 29.1 Å². The summed E-state index contributed by atoms with van der Waals surface area (Å²) >= 11 is 7.27. The molecule has 3 rings (SSSR count). The number of halogens is 5. The van der Waals surface area contributed by atoms with Crippen molar-refractivity contribution in [1.29, 1.82) is 0 Å². The number of hydrogen-bond acceptors (Lipinski definition) is 7. The fraction of sp³-hybridized carbons (Fsp3) is 0.125. The second-order valence-corrected chi connectivity index (χ2v) is 10.6. The Morgan fingerprint density at radius 1 is 1.06 bits per heavy atom. The summed E-state index contributed by atoms with van der Waals surface area (Å²) in [5, 5.41) is 2.02.